The second kappa shape index (κ2) is 4.25. The Morgan fingerprint density at radius 1 is 1.00 bits per heavy atom. The van der Waals surface area contributed by atoms with Gasteiger partial charge in [0.15, 0.2) is 0 Å². The Morgan fingerprint density at radius 2 is 1.88 bits per heavy atom. The molecule has 0 unspecified atom stereocenters. The van der Waals surface area contributed by atoms with Crippen LogP contribution in [0, 0.1) is 0 Å². The summed E-state index contributed by atoms with van der Waals surface area (Å²) in [6.07, 6.45) is 7.47. The lowest BCUT2D eigenvalue weighted by Gasteiger charge is -2.00. The first kappa shape index (κ1) is 9.84. The molecule has 2 heterocycles. The molecule has 3 aromatic rings. The maximum atomic E-state index is 4.52. The highest BCUT2D eigenvalue weighted by atomic mass is 15.3. The number of nitrogens with zero attached hydrogens (tertiary/aromatic N) is 4. The predicted octanol–water partition coefficient (Wildman–Crippen LogP) is 2.12. The largest absolute Gasteiger partial charge is 0.331 e. The maximum Gasteiger partial charge on any atom is 0.0949 e. The van der Waals surface area contributed by atoms with Crippen LogP contribution in [0.5, 0.6) is 0 Å². The zero-order chi connectivity index (χ0) is 11.5. The van der Waals surface area contributed by atoms with E-state index < -0.39 is 0 Å². The van der Waals surface area contributed by atoms with Crippen molar-refractivity contribution in [2.45, 2.75) is 6.54 Å². The average Bonchev–Trinajstić information content (AvgIpc) is 3.02. The van der Waals surface area contributed by atoms with Gasteiger partial charge in [-0.3, -0.25) is 0 Å². The van der Waals surface area contributed by atoms with Crippen LogP contribution in [0.25, 0.3) is 5.69 Å². The molecule has 0 radical (unpaired) electrons. The van der Waals surface area contributed by atoms with Gasteiger partial charge in [-0.2, -0.15) is 5.10 Å². The Bertz CT molecular complexity index is 581. The van der Waals surface area contributed by atoms with Crippen LogP contribution >= 0.6 is 0 Å². The normalized spacial score (nSPS) is 10.6. The van der Waals surface area contributed by atoms with Crippen molar-refractivity contribution < 1.29 is 0 Å². The molecule has 17 heavy (non-hydrogen) atoms. The van der Waals surface area contributed by atoms with Crippen LogP contribution in [-0.2, 0) is 6.54 Å². The highest BCUT2D eigenvalue weighted by molar-refractivity contribution is 5.30. The van der Waals surface area contributed by atoms with Crippen molar-refractivity contribution in [3.8, 4) is 5.69 Å². The van der Waals surface area contributed by atoms with Crippen LogP contribution in [0.15, 0.2) is 61.3 Å². The lowest BCUT2D eigenvalue weighted by molar-refractivity contribution is 0.744. The van der Waals surface area contributed by atoms with E-state index in [1.54, 1.807) is 12.5 Å². The van der Waals surface area contributed by atoms with Crippen molar-refractivity contribution in [2.24, 2.45) is 0 Å². The Morgan fingerprint density at radius 3 is 2.65 bits per heavy atom. The molecule has 0 fully saturated rings. The molecule has 0 aliphatic carbocycles. The van der Waals surface area contributed by atoms with Crippen LogP contribution in [0.1, 0.15) is 5.69 Å². The fourth-order valence-corrected chi connectivity index (χ4v) is 1.74. The van der Waals surface area contributed by atoms with Gasteiger partial charge in [-0.1, -0.05) is 18.2 Å². The second-order valence-corrected chi connectivity index (χ2v) is 3.82. The van der Waals surface area contributed by atoms with E-state index in [2.05, 4.69) is 10.1 Å². The van der Waals surface area contributed by atoms with Gasteiger partial charge in [0.1, 0.15) is 0 Å². The van der Waals surface area contributed by atoms with E-state index in [4.69, 9.17) is 0 Å². The van der Waals surface area contributed by atoms with Gasteiger partial charge >= 0.3 is 0 Å². The number of benzene rings is 1. The summed E-state index contributed by atoms with van der Waals surface area (Å²) in [5.41, 5.74) is 2.09. The number of imidazole rings is 1. The van der Waals surface area contributed by atoms with Crippen molar-refractivity contribution in [1.29, 1.82) is 0 Å². The summed E-state index contributed by atoms with van der Waals surface area (Å²) in [5, 5.41) is 4.52. The Balaban J connectivity index is 1.84. The molecule has 0 aliphatic heterocycles. The lowest BCUT2D eigenvalue weighted by Crippen LogP contribution is -2.00. The molecule has 0 saturated carbocycles. The van der Waals surface area contributed by atoms with Crippen molar-refractivity contribution in [3.63, 3.8) is 0 Å². The van der Waals surface area contributed by atoms with Gasteiger partial charge in [0.25, 0.3) is 0 Å². The molecule has 2 aromatic heterocycles. The van der Waals surface area contributed by atoms with Gasteiger partial charge in [0.2, 0.25) is 0 Å². The molecule has 0 saturated heterocycles. The summed E-state index contributed by atoms with van der Waals surface area (Å²) in [4.78, 5) is 4.01. The lowest BCUT2D eigenvalue weighted by atomic mass is 10.3. The first-order chi connectivity index (χ1) is 8.42. The molecule has 84 valence electrons. The third kappa shape index (κ3) is 2.10. The van der Waals surface area contributed by atoms with E-state index in [1.807, 2.05) is 58.0 Å². The minimum atomic E-state index is 0.750. The van der Waals surface area contributed by atoms with Crippen LogP contribution in [0.4, 0.5) is 0 Å². The minimum Gasteiger partial charge on any atom is -0.331 e. The van der Waals surface area contributed by atoms with Crippen LogP contribution in [0.2, 0.25) is 0 Å². The summed E-state index contributed by atoms with van der Waals surface area (Å²) >= 11 is 0. The third-order valence-electron chi connectivity index (χ3n) is 2.57. The van der Waals surface area contributed by atoms with Crippen LogP contribution in [-0.4, -0.2) is 19.3 Å². The first-order valence-corrected chi connectivity index (χ1v) is 5.47. The quantitative estimate of drug-likeness (QED) is 0.683. The van der Waals surface area contributed by atoms with Crippen molar-refractivity contribution in [3.05, 3.63) is 67.0 Å². The molecular weight excluding hydrogens is 212 g/mol. The number of hydrogen-bond donors (Lipinski definition) is 0. The maximum absolute atomic E-state index is 4.52. The Hall–Kier alpha value is -2.36. The van der Waals surface area contributed by atoms with Crippen molar-refractivity contribution in [2.75, 3.05) is 0 Å². The number of aromatic nitrogens is 4. The average molecular weight is 224 g/mol. The predicted molar refractivity (Wildman–Crippen MR) is 64.9 cm³/mol. The van der Waals surface area contributed by atoms with Gasteiger partial charge in [0, 0.05) is 18.6 Å². The first-order valence-electron chi connectivity index (χ1n) is 5.47. The van der Waals surface area contributed by atoms with E-state index in [-0.39, 0.29) is 0 Å². The molecular formula is C13H12N4. The van der Waals surface area contributed by atoms with Crippen molar-refractivity contribution in [1.82, 2.24) is 19.3 Å². The summed E-state index contributed by atoms with van der Waals surface area (Å²) in [6.45, 7) is 0.750. The number of para-hydroxylation sites is 1. The molecule has 0 amide bonds. The van der Waals surface area contributed by atoms with E-state index in [1.165, 1.54) is 0 Å². The summed E-state index contributed by atoms with van der Waals surface area (Å²) in [6, 6.07) is 12.1. The monoisotopic (exact) mass is 224 g/mol. The fraction of sp³-hybridized carbons (Fsp3) is 0.0769. The SMILES string of the molecule is c1ccc(-n2ccc(Cn3ccnc3)n2)cc1. The van der Waals surface area contributed by atoms with E-state index >= 15 is 0 Å². The standard InChI is InChI=1S/C13H12N4/c1-2-4-13(5-3-1)17-8-6-12(15-17)10-16-9-7-14-11-16/h1-9,11H,10H2. The van der Waals surface area contributed by atoms with Gasteiger partial charge in [0.05, 0.1) is 24.3 Å². The van der Waals surface area contributed by atoms with Gasteiger partial charge in [-0.05, 0) is 18.2 Å². The zero-order valence-electron chi connectivity index (χ0n) is 9.27. The molecule has 1 aromatic carbocycles. The molecule has 0 atom stereocenters. The van der Waals surface area contributed by atoms with Gasteiger partial charge in [-0.25, -0.2) is 9.67 Å². The fourth-order valence-electron chi connectivity index (χ4n) is 1.74. The van der Waals surface area contributed by atoms with E-state index in [9.17, 15) is 0 Å². The number of hydrogen-bond acceptors (Lipinski definition) is 2. The zero-order valence-corrected chi connectivity index (χ0v) is 9.27. The molecule has 0 bridgehead atoms. The summed E-state index contributed by atoms with van der Waals surface area (Å²) < 4.78 is 3.88. The number of rotatable bonds is 3. The highest BCUT2D eigenvalue weighted by Crippen LogP contribution is 2.07. The smallest absolute Gasteiger partial charge is 0.0949 e. The van der Waals surface area contributed by atoms with E-state index in [0.717, 1.165) is 17.9 Å². The van der Waals surface area contributed by atoms with Crippen molar-refractivity contribution >= 4 is 0 Å². The van der Waals surface area contributed by atoms with E-state index in [0.29, 0.717) is 0 Å². The van der Waals surface area contributed by atoms with Crippen LogP contribution < -0.4 is 0 Å². The summed E-state index contributed by atoms with van der Waals surface area (Å²) in [5.74, 6) is 0. The topological polar surface area (TPSA) is 35.6 Å². The molecule has 4 heteroatoms. The van der Waals surface area contributed by atoms with Gasteiger partial charge < -0.3 is 4.57 Å². The minimum absolute atomic E-state index is 0.750. The molecule has 4 nitrogen and oxygen atoms in total. The highest BCUT2D eigenvalue weighted by Gasteiger charge is 2.01. The Labute approximate surface area is 99.2 Å². The third-order valence-corrected chi connectivity index (χ3v) is 2.57. The Kier molecular flexibility index (Phi) is 2.46. The molecule has 0 N–H and O–H groups in total. The summed E-state index contributed by atoms with van der Waals surface area (Å²) in [7, 11) is 0. The van der Waals surface area contributed by atoms with Crippen LogP contribution in [0.3, 0.4) is 0 Å². The van der Waals surface area contributed by atoms with Gasteiger partial charge in [-0.15, -0.1) is 0 Å². The second-order valence-electron chi connectivity index (χ2n) is 3.82. The molecule has 3 rings (SSSR count). The molecule has 0 spiro atoms. The molecule has 0 aliphatic rings.